The van der Waals surface area contributed by atoms with E-state index < -0.39 is 16.2 Å². The molecule has 0 saturated heterocycles. The van der Waals surface area contributed by atoms with Gasteiger partial charge < -0.3 is 5.11 Å². The maximum Gasteiger partial charge on any atom is 0.335 e. The van der Waals surface area contributed by atoms with Crippen molar-refractivity contribution in [2.24, 2.45) is 0 Å². The Balaban J connectivity index is 2.79. The smallest absolute Gasteiger partial charge is 0.335 e. The number of benzene rings is 1. The van der Waals surface area contributed by atoms with Gasteiger partial charge in [-0.25, -0.2) is 9.52 Å². The van der Waals surface area contributed by atoms with Crippen LogP contribution >= 0.6 is 0 Å². The van der Waals surface area contributed by atoms with Gasteiger partial charge >= 0.3 is 5.97 Å². The van der Waals surface area contributed by atoms with Crippen molar-refractivity contribution in [3.63, 3.8) is 0 Å². The van der Waals surface area contributed by atoms with Crippen LogP contribution in [0.15, 0.2) is 24.3 Å². The predicted molar refractivity (Wildman–Crippen MR) is 67.7 cm³/mol. The van der Waals surface area contributed by atoms with Crippen molar-refractivity contribution in [3.8, 4) is 0 Å². The number of hydrogen-bond acceptors (Lipinski definition) is 3. The number of hydrogen-bond donors (Lipinski definition) is 2. The third-order valence-electron chi connectivity index (χ3n) is 2.61. The van der Waals surface area contributed by atoms with Gasteiger partial charge in [0, 0.05) is 20.6 Å². The molecule has 1 aromatic rings. The van der Waals surface area contributed by atoms with Gasteiger partial charge in [-0.2, -0.15) is 12.7 Å². The number of carboxylic acids is 1. The molecule has 1 aromatic carbocycles. The highest BCUT2D eigenvalue weighted by atomic mass is 32.2. The fourth-order valence-corrected chi connectivity index (χ4v) is 2.14. The fraction of sp³-hybridized carbons (Fsp3) is 0.364. The van der Waals surface area contributed by atoms with Gasteiger partial charge in [-0.15, -0.1) is 0 Å². The van der Waals surface area contributed by atoms with Crippen molar-refractivity contribution in [1.82, 2.24) is 9.03 Å². The van der Waals surface area contributed by atoms with Crippen molar-refractivity contribution in [3.05, 3.63) is 35.4 Å². The first kappa shape index (κ1) is 14.6. The Bertz CT molecular complexity index is 528. The molecular formula is C11H16N2O4S. The fourth-order valence-electron chi connectivity index (χ4n) is 1.50. The van der Waals surface area contributed by atoms with Crippen LogP contribution in [0.4, 0.5) is 0 Å². The molecule has 0 aliphatic heterocycles. The van der Waals surface area contributed by atoms with Gasteiger partial charge in [-0.1, -0.05) is 18.2 Å². The number of carboxylic acid groups (broad SMARTS) is 1. The summed E-state index contributed by atoms with van der Waals surface area (Å²) in [5.74, 6) is -1.01. The molecule has 0 aliphatic carbocycles. The maximum atomic E-state index is 11.4. The van der Waals surface area contributed by atoms with E-state index in [1.807, 2.05) is 0 Å². The average Bonchev–Trinajstić information content (AvgIpc) is 2.36. The lowest BCUT2D eigenvalue weighted by molar-refractivity contribution is 0.0695. The largest absolute Gasteiger partial charge is 0.478 e. The summed E-state index contributed by atoms with van der Waals surface area (Å²) in [5.41, 5.74) is 0.816. The number of aromatic carboxylic acids is 1. The minimum atomic E-state index is -3.47. The van der Waals surface area contributed by atoms with Crippen LogP contribution in [0.2, 0.25) is 0 Å². The molecule has 1 rings (SSSR count). The molecular weight excluding hydrogens is 256 g/mol. The van der Waals surface area contributed by atoms with Gasteiger partial charge in [-0.05, 0) is 18.1 Å². The molecule has 18 heavy (non-hydrogen) atoms. The van der Waals surface area contributed by atoms with Crippen molar-refractivity contribution < 1.29 is 18.3 Å². The van der Waals surface area contributed by atoms with Crippen LogP contribution in [0.25, 0.3) is 0 Å². The summed E-state index contributed by atoms with van der Waals surface area (Å²) in [6.45, 7) is 0.216. The lowest BCUT2D eigenvalue weighted by Crippen LogP contribution is -2.37. The summed E-state index contributed by atoms with van der Waals surface area (Å²) >= 11 is 0. The molecule has 0 unspecified atom stereocenters. The Morgan fingerprint density at radius 2 is 2.00 bits per heavy atom. The minimum Gasteiger partial charge on any atom is -0.478 e. The summed E-state index contributed by atoms with van der Waals surface area (Å²) in [7, 11) is -0.695. The zero-order valence-electron chi connectivity index (χ0n) is 10.3. The van der Waals surface area contributed by atoms with Crippen LogP contribution in [0.1, 0.15) is 15.9 Å². The maximum absolute atomic E-state index is 11.4. The van der Waals surface area contributed by atoms with Crippen LogP contribution in [-0.4, -0.2) is 44.4 Å². The van der Waals surface area contributed by atoms with Gasteiger partial charge in [0.15, 0.2) is 0 Å². The summed E-state index contributed by atoms with van der Waals surface area (Å²) in [4.78, 5) is 11.0. The monoisotopic (exact) mass is 272 g/mol. The topological polar surface area (TPSA) is 86.7 Å². The van der Waals surface area contributed by atoms with E-state index in [9.17, 15) is 13.2 Å². The van der Waals surface area contributed by atoms with Crippen molar-refractivity contribution >= 4 is 16.2 Å². The molecule has 0 aliphatic rings. The van der Waals surface area contributed by atoms with Crippen LogP contribution in [0.3, 0.4) is 0 Å². The molecule has 0 fully saturated rings. The Labute approximate surface area is 106 Å². The van der Waals surface area contributed by atoms with E-state index in [-0.39, 0.29) is 12.1 Å². The first-order valence-corrected chi connectivity index (χ1v) is 6.78. The lowest BCUT2D eigenvalue weighted by Gasteiger charge is -2.16. The van der Waals surface area contributed by atoms with Gasteiger partial charge in [0.2, 0.25) is 0 Å². The number of nitrogens with zero attached hydrogens (tertiary/aromatic N) is 1. The minimum absolute atomic E-state index is 0.202. The van der Waals surface area contributed by atoms with Gasteiger partial charge in [0.05, 0.1) is 5.56 Å². The molecule has 6 nitrogen and oxygen atoms in total. The molecule has 100 valence electrons. The predicted octanol–water partition coefficient (Wildman–Crippen LogP) is 0.323. The number of carbonyl (C=O) groups is 1. The van der Waals surface area contributed by atoms with E-state index in [2.05, 4.69) is 4.72 Å². The molecule has 7 heteroatoms. The molecule has 0 amide bonds. The van der Waals surface area contributed by atoms with E-state index in [0.29, 0.717) is 12.0 Å². The molecule has 0 aromatic heterocycles. The molecule has 0 spiro atoms. The SMILES string of the molecule is CNS(=O)(=O)N(C)CCc1ccccc1C(=O)O. The molecule has 0 saturated carbocycles. The van der Waals surface area contributed by atoms with Crippen LogP contribution in [0, 0.1) is 0 Å². The molecule has 0 radical (unpaired) electrons. The number of likely N-dealkylation sites (N-methyl/N-ethyl adjacent to an activating group) is 1. The summed E-state index contributed by atoms with van der Waals surface area (Å²) in [6.07, 6.45) is 0.347. The lowest BCUT2D eigenvalue weighted by atomic mass is 10.1. The van der Waals surface area contributed by atoms with E-state index in [0.717, 1.165) is 4.31 Å². The molecule has 0 atom stereocenters. The second-order valence-corrected chi connectivity index (χ2v) is 5.72. The van der Waals surface area contributed by atoms with E-state index in [1.54, 1.807) is 18.2 Å². The Morgan fingerprint density at radius 3 is 2.56 bits per heavy atom. The summed E-state index contributed by atoms with van der Waals surface area (Å²) in [5, 5.41) is 8.99. The summed E-state index contributed by atoms with van der Waals surface area (Å²) < 4.78 is 26.2. The molecule has 2 N–H and O–H groups in total. The van der Waals surface area contributed by atoms with Gasteiger partial charge in [-0.3, -0.25) is 0 Å². The second kappa shape index (κ2) is 5.94. The van der Waals surface area contributed by atoms with E-state index in [1.165, 1.54) is 20.2 Å². The standard InChI is InChI=1S/C11H16N2O4S/c1-12-18(16,17)13(2)8-7-9-5-3-4-6-10(9)11(14)15/h3-6,12H,7-8H2,1-2H3,(H,14,15). The third-order valence-corrected chi connectivity index (χ3v) is 4.13. The van der Waals surface area contributed by atoms with Crippen molar-refractivity contribution in [2.75, 3.05) is 20.6 Å². The first-order valence-electron chi connectivity index (χ1n) is 5.34. The quantitative estimate of drug-likeness (QED) is 0.781. The van der Waals surface area contributed by atoms with Crippen molar-refractivity contribution in [2.45, 2.75) is 6.42 Å². The normalized spacial score (nSPS) is 11.7. The van der Waals surface area contributed by atoms with E-state index in [4.69, 9.17) is 5.11 Å². The molecule has 0 heterocycles. The Hall–Kier alpha value is -1.44. The second-order valence-electron chi connectivity index (χ2n) is 3.74. The Morgan fingerprint density at radius 1 is 1.39 bits per heavy atom. The zero-order valence-corrected chi connectivity index (χ0v) is 11.1. The number of rotatable bonds is 6. The highest BCUT2D eigenvalue weighted by Crippen LogP contribution is 2.10. The van der Waals surface area contributed by atoms with Crippen molar-refractivity contribution in [1.29, 1.82) is 0 Å². The first-order chi connectivity index (χ1) is 8.38. The highest BCUT2D eigenvalue weighted by molar-refractivity contribution is 7.87. The van der Waals surface area contributed by atoms with E-state index >= 15 is 0 Å². The number of nitrogens with one attached hydrogen (secondary N) is 1. The molecule has 0 bridgehead atoms. The zero-order chi connectivity index (χ0) is 13.8. The Kier molecular flexibility index (Phi) is 4.83. The van der Waals surface area contributed by atoms with Gasteiger partial charge in [0.1, 0.15) is 0 Å². The third kappa shape index (κ3) is 3.52. The van der Waals surface area contributed by atoms with Crippen LogP contribution < -0.4 is 4.72 Å². The van der Waals surface area contributed by atoms with Crippen LogP contribution in [0.5, 0.6) is 0 Å². The summed E-state index contributed by atoms with van der Waals surface area (Å²) in [6, 6.07) is 6.56. The highest BCUT2D eigenvalue weighted by Gasteiger charge is 2.16. The average molecular weight is 272 g/mol. The van der Waals surface area contributed by atoms with Gasteiger partial charge in [0.25, 0.3) is 10.2 Å². The van der Waals surface area contributed by atoms with Crippen LogP contribution in [-0.2, 0) is 16.6 Å².